The van der Waals surface area contributed by atoms with Crippen LogP contribution in [0.4, 0.5) is 0 Å². The van der Waals surface area contributed by atoms with Gasteiger partial charge in [-0.15, -0.1) is 0 Å². The minimum atomic E-state index is -3.52. The van der Waals surface area contributed by atoms with Crippen LogP contribution in [0.3, 0.4) is 0 Å². The molecule has 1 fully saturated rings. The molecule has 0 spiro atoms. The molecule has 8 heteroatoms. The van der Waals surface area contributed by atoms with Gasteiger partial charge in [-0.1, -0.05) is 20.8 Å². The highest BCUT2D eigenvalue weighted by atomic mass is 31.2. The summed E-state index contributed by atoms with van der Waals surface area (Å²) >= 11 is 0. The highest BCUT2D eigenvalue weighted by Crippen LogP contribution is 2.56. The van der Waals surface area contributed by atoms with Gasteiger partial charge >= 0.3 is 7.67 Å². The van der Waals surface area contributed by atoms with Gasteiger partial charge in [0.05, 0.1) is 17.8 Å². The molecule has 0 N–H and O–H groups in total. The Kier molecular flexibility index (Phi) is 8.81. The summed E-state index contributed by atoms with van der Waals surface area (Å²) in [5.41, 5.74) is -0.511. The molecule has 1 heterocycles. The molecule has 0 aliphatic carbocycles. The first-order valence-electron chi connectivity index (χ1n) is 10.7. The molecule has 0 radical (unpaired) electrons. The lowest BCUT2D eigenvalue weighted by molar-refractivity contribution is -0.0449. The van der Waals surface area contributed by atoms with Gasteiger partial charge in [0.1, 0.15) is 0 Å². The van der Waals surface area contributed by atoms with E-state index in [1.165, 1.54) is 0 Å². The minimum absolute atomic E-state index is 0.0829. The fourth-order valence-electron chi connectivity index (χ4n) is 3.33. The average molecular weight is 433 g/mol. The standard InChI is InChI=1S/C21H45N4O3P/c1-16(2)27-18(15-20(4,5)6)17(3)25(12)29(26,28-21(7,8)9)22-19-23(10)13-14-24(19)11/h16-18H,13-15H2,1-12H3/t17-,18-,29?/m1/s1. The Labute approximate surface area is 179 Å². The lowest BCUT2D eigenvalue weighted by atomic mass is 9.87. The number of hydrogen-bond acceptors (Lipinski definition) is 3. The summed E-state index contributed by atoms with van der Waals surface area (Å²) in [5.74, 6) is 0.703. The zero-order chi connectivity index (χ0) is 22.8. The third-order valence-electron chi connectivity index (χ3n) is 4.85. The van der Waals surface area contributed by atoms with E-state index in [4.69, 9.17) is 14.0 Å². The maximum atomic E-state index is 14.2. The Hall–Kier alpha value is -0.620. The van der Waals surface area contributed by atoms with Crippen LogP contribution < -0.4 is 0 Å². The number of ether oxygens (including phenoxy) is 1. The SMILES string of the molecule is CC(C)O[C@H](CC(C)(C)C)[C@@H](C)N(C)P(=O)(N=C1N(C)CCN1C)OC(C)(C)C. The van der Waals surface area contributed by atoms with E-state index < -0.39 is 13.3 Å². The molecule has 7 nitrogen and oxygen atoms in total. The molecular weight excluding hydrogens is 387 g/mol. The smallest absolute Gasteiger partial charge is 0.374 e. The van der Waals surface area contributed by atoms with Crippen LogP contribution in [-0.4, -0.2) is 78.5 Å². The number of hydrogen-bond donors (Lipinski definition) is 0. The predicted octanol–water partition coefficient (Wildman–Crippen LogP) is 4.69. The third kappa shape index (κ3) is 8.20. The van der Waals surface area contributed by atoms with Gasteiger partial charge in [-0.05, 0) is 60.4 Å². The molecule has 1 rings (SSSR count). The van der Waals surface area contributed by atoms with Crippen molar-refractivity contribution in [1.82, 2.24) is 14.5 Å². The van der Waals surface area contributed by atoms with Crippen molar-refractivity contribution in [3.8, 4) is 0 Å². The van der Waals surface area contributed by atoms with Crippen LogP contribution in [-0.2, 0) is 13.8 Å². The second kappa shape index (κ2) is 9.67. The first-order chi connectivity index (χ1) is 12.9. The van der Waals surface area contributed by atoms with Crippen molar-refractivity contribution >= 4 is 13.6 Å². The first kappa shape index (κ1) is 26.4. The molecule has 172 valence electrons. The van der Waals surface area contributed by atoms with E-state index in [1.807, 2.05) is 65.6 Å². The van der Waals surface area contributed by atoms with Crippen molar-refractivity contribution in [3.05, 3.63) is 0 Å². The van der Waals surface area contributed by atoms with Crippen LogP contribution >= 0.6 is 7.67 Å². The second-order valence-corrected chi connectivity index (χ2v) is 12.7. The van der Waals surface area contributed by atoms with Crippen LogP contribution in [0.25, 0.3) is 0 Å². The molecule has 0 aromatic carbocycles. The van der Waals surface area contributed by atoms with E-state index in [9.17, 15) is 4.57 Å². The molecule has 1 saturated heterocycles. The molecule has 3 atom stereocenters. The predicted molar refractivity (Wildman–Crippen MR) is 122 cm³/mol. The highest BCUT2D eigenvalue weighted by Gasteiger charge is 2.42. The van der Waals surface area contributed by atoms with E-state index in [2.05, 4.69) is 27.7 Å². The molecule has 29 heavy (non-hydrogen) atoms. The first-order valence-corrected chi connectivity index (χ1v) is 12.2. The van der Waals surface area contributed by atoms with Crippen LogP contribution in [0.5, 0.6) is 0 Å². The molecule has 1 aliphatic heterocycles. The molecule has 0 aromatic heterocycles. The van der Waals surface area contributed by atoms with Crippen molar-refractivity contribution in [2.45, 2.75) is 92.6 Å². The summed E-state index contributed by atoms with van der Waals surface area (Å²) in [6.45, 7) is 20.2. The summed E-state index contributed by atoms with van der Waals surface area (Å²) in [7, 11) is 2.27. The van der Waals surface area contributed by atoms with Gasteiger partial charge < -0.3 is 14.5 Å². The lowest BCUT2D eigenvalue weighted by Gasteiger charge is -2.39. The fourth-order valence-corrected chi connectivity index (χ4v) is 5.49. The molecule has 0 bridgehead atoms. The van der Waals surface area contributed by atoms with Crippen LogP contribution in [0.2, 0.25) is 0 Å². The van der Waals surface area contributed by atoms with Crippen molar-refractivity contribution in [2.75, 3.05) is 34.2 Å². The van der Waals surface area contributed by atoms with E-state index in [1.54, 1.807) is 4.67 Å². The molecule has 0 amide bonds. The quantitative estimate of drug-likeness (QED) is 0.519. The second-order valence-electron chi connectivity index (χ2n) is 10.7. The molecule has 0 aromatic rings. The van der Waals surface area contributed by atoms with Crippen molar-refractivity contribution < 1.29 is 13.8 Å². The maximum Gasteiger partial charge on any atom is 0.393 e. The number of nitrogens with zero attached hydrogens (tertiary/aromatic N) is 4. The zero-order valence-electron chi connectivity index (χ0n) is 20.8. The Bertz CT molecular complexity index is 598. The van der Waals surface area contributed by atoms with E-state index in [0.29, 0.717) is 5.96 Å². The molecule has 0 saturated carbocycles. The molecule has 1 aliphatic rings. The van der Waals surface area contributed by atoms with Gasteiger partial charge in [0.25, 0.3) is 0 Å². The van der Waals surface area contributed by atoms with Crippen molar-refractivity contribution in [2.24, 2.45) is 10.2 Å². The van der Waals surface area contributed by atoms with Gasteiger partial charge in [-0.25, -0.2) is 9.24 Å². The summed E-state index contributed by atoms with van der Waals surface area (Å²) < 4.78 is 33.1. The third-order valence-corrected chi connectivity index (χ3v) is 7.23. The lowest BCUT2D eigenvalue weighted by Crippen LogP contribution is -2.43. The highest BCUT2D eigenvalue weighted by molar-refractivity contribution is 7.55. The van der Waals surface area contributed by atoms with Gasteiger partial charge in [-0.2, -0.15) is 4.76 Å². The largest absolute Gasteiger partial charge is 0.393 e. The van der Waals surface area contributed by atoms with Crippen molar-refractivity contribution in [3.63, 3.8) is 0 Å². The Morgan fingerprint density at radius 3 is 1.93 bits per heavy atom. The normalized spacial score (nSPS) is 20.4. The summed E-state index contributed by atoms with van der Waals surface area (Å²) in [6.07, 6.45) is 0.846. The van der Waals surface area contributed by atoms with Gasteiger partial charge in [0.2, 0.25) is 5.96 Å². The van der Waals surface area contributed by atoms with Gasteiger partial charge in [-0.3, -0.25) is 4.52 Å². The maximum absolute atomic E-state index is 14.2. The zero-order valence-corrected chi connectivity index (χ0v) is 21.7. The van der Waals surface area contributed by atoms with Gasteiger partial charge in [0, 0.05) is 33.2 Å². The Balaban J connectivity index is 3.32. The fraction of sp³-hybridized carbons (Fsp3) is 0.952. The number of guanidine groups is 1. The Morgan fingerprint density at radius 1 is 1.07 bits per heavy atom. The number of rotatable bonds is 8. The van der Waals surface area contributed by atoms with Crippen LogP contribution in [0.1, 0.15) is 68.7 Å². The molecular formula is C21H45N4O3P. The van der Waals surface area contributed by atoms with Crippen LogP contribution in [0.15, 0.2) is 4.76 Å². The monoisotopic (exact) mass is 432 g/mol. The van der Waals surface area contributed by atoms with Crippen molar-refractivity contribution in [1.29, 1.82) is 0 Å². The van der Waals surface area contributed by atoms with E-state index >= 15 is 0 Å². The van der Waals surface area contributed by atoms with Gasteiger partial charge in [0.15, 0.2) is 0 Å². The molecule has 1 unspecified atom stereocenters. The minimum Gasteiger partial charge on any atom is -0.374 e. The van der Waals surface area contributed by atoms with E-state index in [0.717, 1.165) is 19.5 Å². The van der Waals surface area contributed by atoms with Crippen LogP contribution in [0, 0.1) is 5.41 Å². The average Bonchev–Trinajstić information content (AvgIpc) is 2.81. The van der Waals surface area contributed by atoms with E-state index in [-0.39, 0.29) is 23.7 Å². The summed E-state index contributed by atoms with van der Waals surface area (Å²) in [5, 5.41) is 0. The summed E-state index contributed by atoms with van der Waals surface area (Å²) in [6, 6.07) is -0.133. The number of likely N-dealkylation sites (N-methyl/N-ethyl adjacent to an activating group) is 3. The topological polar surface area (TPSA) is 57.6 Å². The Morgan fingerprint density at radius 2 is 1.55 bits per heavy atom. The summed E-state index contributed by atoms with van der Waals surface area (Å²) in [4.78, 5) is 4.04.